The smallest absolute Gasteiger partial charge is 0.0499 e. The van der Waals surface area contributed by atoms with Gasteiger partial charge in [-0.1, -0.05) is 39.9 Å². The van der Waals surface area contributed by atoms with Crippen molar-refractivity contribution in [2.75, 3.05) is 0 Å². The van der Waals surface area contributed by atoms with Crippen LogP contribution in [0.15, 0.2) is 0 Å². The Labute approximate surface area is 90.9 Å². The van der Waals surface area contributed by atoms with E-state index in [1.807, 2.05) is 0 Å². The third-order valence-electron chi connectivity index (χ3n) is 4.11. The van der Waals surface area contributed by atoms with Crippen molar-refractivity contribution in [1.29, 1.82) is 0 Å². The molecule has 1 heterocycles. The Kier molecular flexibility index (Phi) is 1.54. The van der Waals surface area contributed by atoms with E-state index < -0.39 is 0 Å². The van der Waals surface area contributed by atoms with E-state index in [0.717, 1.165) is 0 Å². The predicted molar refractivity (Wildman–Crippen MR) is 64.6 cm³/mol. The molecule has 0 bridgehead atoms. The zero-order valence-corrected chi connectivity index (χ0v) is 10.9. The molecule has 0 nitrogen and oxygen atoms in total. The average Bonchev–Trinajstić information content (AvgIpc) is 2.55. The van der Waals surface area contributed by atoms with Gasteiger partial charge in [0.25, 0.3) is 0 Å². The largest absolute Gasteiger partial charge is 0.144 e. The Morgan fingerprint density at radius 3 is 1.38 bits per heavy atom. The van der Waals surface area contributed by atoms with E-state index >= 15 is 0 Å². The third kappa shape index (κ3) is 0.719. The predicted octanol–water partition coefficient (Wildman–Crippen LogP) is 3.69. The summed E-state index contributed by atoms with van der Waals surface area (Å²) in [4.78, 5) is 1.26. The zero-order chi connectivity index (χ0) is 10.3. The van der Waals surface area contributed by atoms with Crippen molar-refractivity contribution in [2.24, 2.45) is 10.8 Å². The van der Waals surface area contributed by atoms with Crippen LogP contribution in [0.4, 0.5) is 0 Å². The topological polar surface area (TPSA) is 0 Å². The van der Waals surface area contributed by atoms with Gasteiger partial charge in [0.15, 0.2) is 0 Å². The van der Waals surface area contributed by atoms with E-state index in [9.17, 15) is 0 Å². The number of thioether (sulfide) groups is 1. The van der Waals surface area contributed by atoms with E-state index in [-0.39, 0.29) is 10.8 Å². The fourth-order valence-corrected chi connectivity index (χ4v) is 6.31. The summed E-state index contributed by atoms with van der Waals surface area (Å²) in [5.41, 5.74) is 0.500. The molecule has 0 aromatic rings. The van der Waals surface area contributed by atoms with Crippen LogP contribution in [0.25, 0.3) is 0 Å². The quantitative estimate of drug-likeness (QED) is 0.445. The minimum absolute atomic E-state index is 0.250. The van der Waals surface area contributed by atoms with Gasteiger partial charge in [-0.05, 0) is 13.8 Å². The molecule has 0 radical (unpaired) electrons. The van der Waals surface area contributed by atoms with Crippen LogP contribution in [0.2, 0.25) is 0 Å². The lowest BCUT2D eigenvalue weighted by Gasteiger charge is -2.60. The SMILES string of the molecule is CC1(C)SC12C(C)(C)C(=S)C2(C)C. The van der Waals surface area contributed by atoms with Gasteiger partial charge in [0.05, 0.1) is 0 Å². The first kappa shape index (κ1) is 9.97. The molecule has 0 N–H and O–H groups in total. The maximum absolute atomic E-state index is 5.53. The highest BCUT2D eigenvalue weighted by molar-refractivity contribution is 8.10. The van der Waals surface area contributed by atoms with Crippen molar-refractivity contribution >= 4 is 28.8 Å². The molecule has 0 aromatic heterocycles. The Balaban J connectivity index is 2.47. The van der Waals surface area contributed by atoms with E-state index in [1.165, 1.54) is 4.86 Å². The van der Waals surface area contributed by atoms with Gasteiger partial charge >= 0.3 is 0 Å². The van der Waals surface area contributed by atoms with Crippen molar-refractivity contribution in [2.45, 2.75) is 51.0 Å². The minimum Gasteiger partial charge on any atom is -0.144 e. The van der Waals surface area contributed by atoms with Gasteiger partial charge in [0.2, 0.25) is 0 Å². The van der Waals surface area contributed by atoms with Crippen LogP contribution in [0.1, 0.15) is 41.5 Å². The van der Waals surface area contributed by atoms with Crippen LogP contribution >= 0.6 is 24.0 Å². The van der Waals surface area contributed by atoms with Crippen LogP contribution in [0, 0.1) is 10.8 Å². The third-order valence-corrected chi connectivity index (χ3v) is 7.58. The Hall–Kier alpha value is 0.440. The molecular formula is C11H18S2. The van der Waals surface area contributed by atoms with E-state index in [4.69, 9.17) is 12.2 Å². The summed E-state index contributed by atoms with van der Waals surface area (Å²) in [6, 6.07) is 0. The second kappa shape index (κ2) is 2.01. The second-order valence-corrected chi connectivity index (χ2v) is 8.12. The summed E-state index contributed by atoms with van der Waals surface area (Å²) in [5, 5.41) is 0. The molecule has 0 amide bonds. The Bertz CT molecular complexity index is 279. The molecule has 2 heteroatoms. The number of rotatable bonds is 0. The van der Waals surface area contributed by atoms with Gasteiger partial charge in [0, 0.05) is 25.2 Å². The summed E-state index contributed by atoms with van der Waals surface area (Å²) in [7, 11) is 0. The van der Waals surface area contributed by atoms with Crippen molar-refractivity contribution in [3.63, 3.8) is 0 Å². The number of thiocarbonyl (C=S) groups is 1. The summed E-state index contributed by atoms with van der Waals surface area (Å²) >= 11 is 7.65. The van der Waals surface area contributed by atoms with Crippen molar-refractivity contribution in [3.8, 4) is 0 Å². The summed E-state index contributed by atoms with van der Waals surface area (Å²) in [6.45, 7) is 13.9. The molecule has 0 atom stereocenters. The standard InChI is InChI=1S/C11H18S2/c1-8(2)7(12)9(3,4)11(8)10(5,6)13-11/h1-6H3. The number of hydrogen-bond donors (Lipinski definition) is 0. The molecule has 2 rings (SSSR count). The van der Waals surface area contributed by atoms with Crippen LogP contribution in [0.3, 0.4) is 0 Å². The van der Waals surface area contributed by atoms with Gasteiger partial charge in [-0.25, -0.2) is 0 Å². The molecular weight excluding hydrogens is 196 g/mol. The van der Waals surface area contributed by atoms with Crippen LogP contribution in [0.5, 0.6) is 0 Å². The molecule has 13 heavy (non-hydrogen) atoms. The molecule has 1 spiro atoms. The lowest BCUT2D eigenvalue weighted by Crippen LogP contribution is -2.68. The first-order valence-corrected chi connectivity index (χ1v) is 6.09. The highest BCUT2D eigenvalue weighted by Gasteiger charge is 2.84. The van der Waals surface area contributed by atoms with Crippen LogP contribution in [-0.2, 0) is 0 Å². The monoisotopic (exact) mass is 214 g/mol. The van der Waals surface area contributed by atoms with Gasteiger partial charge in [-0.2, -0.15) is 0 Å². The molecule has 74 valence electrons. The van der Waals surface area contributed by atoms with Gasteiger partial charge in [-0.3, -0.25) is 0 Å². The Morgan fingerprint density at radius 1 is 0.923 bits per heavy atom. The van der Waals surface area contributed by atoms with Gasteiger partial charge in [-0.15, -0.1) is 11.8 Å². The summed E-state index contributed by atoms with van der Waals surface area (Å²) in [6.07, 6.45) is 0. The van der Waals surface area contributed by atoms with Gasteiger partial charge < -0.3 is 0 Å². The Morgan fingerprint density at radius 2 is 1.23 bits per heavy atom. The molecule has 0 unspecified atom stereocenters. The van der Waals surface area contributed by atoms with E-state index in [0.29, 0.717) is 9.49 Å². The van der Waals surface area contributed by atoms with Crippen LogP contribution < -0.4 is 0 Å². The summed E-state index contributed by atoms with van der Waals surface area (Å²) < 4.78 is 0.826. The van der Waals surface area contributed by atoms with Crippen molar-refractivity contribution in [3.05, 3.63) is 0 Å². The highest BCUT2D eigenvalue weighted by atomic mass is 32.2. The normalized spacial score (nSPS) is 35.7. The highest BCUT2D eigenvalue weighted by Crippen LogP contribution is 2.84. The first-order valence-electron chi connectivity index (χ1n) is 4.86. The average molecular weight is 214 g/mol. The van der Waals surface area contributed by atoms with Crippen molar-refractivity contribution in [1.82, 2.24) is 0 Å². The fraction of sp³-hybridized carbons (Fsp3) is 0.909. The van der Waals surface area contributed by atoms with Gasteiger partial charge in [0.1, 0.15) is 0 Å². The molecule has 2 fully saturated rings. The molecule has 1 aliphatic carbocycles. The molecule has 1 saturated heterocycles. The fourth-order valence-electron chi connectivity index (χ4n) is 3.94. The molecule has 1 aliphatic heterocycles. The van der Waals surface area contributed by atoms with E-state index in [1.54, 1.807) is 0 Å². The zero-order valence-electron chi connectivity index (χ0n) is 9.32. The maximum Gasteiger partial charge on any atom is 0.0499 e. The minimum atomic E-state index is 0.250. The maximum atomic E-state index is 5.53. The van der Waals surface area contributed by atoms with E-state index in [2.05, 4.69) is 53.3 Å². The second-order valence-electron chi connectivity index (χ2n) is 5.87. The summed E-state index contributed by atoms with van der Waals surface area (Å²) in [5.74, 6) is 0. The number of hydrogen-bond acceptors (Lipinski definition) is 2. The lowest BCUT2D eigenvalue weighted by molar-refractivity contribution is 0.154. The first-order chi connectivity index (χ1) is 5.61. The molecule has 0 aromatic carbocycles. The van der Waals surface area contributed by atoms with Crippen molar-refractivity contribution < 1.29 is 0 Å². The lowest BCUT2D eigenvalue weighted by atomic mass is 9.45. The van der Waals surface area contributed by atoms with Crippen LogP contribution in [-0.4, -0.2) is 14.4 Å². The molecule has 1 saturated carbocycles. The molecule has 2 aliphatic rings.